The summed E-state index contributed by atoms with van der Waals surface area (Å²) in [5.41, 5.74) is 0.762. The van der Waals surface area contributed by atoms with Crippen LogP contribution >= 0.6 is 11.6 Å². The molecule has 5 heteroatoms. The lowest BCUT2D eigenvalue weighted by Gasteiger charge is -1.96. The van der Waals surface area contributed by atoms with Crippen molar-refractivity contribution in [3.8, 4) is 0 Å². The number of rotatable bonds is 4. The van der Waals surface area contributed by atoms with E-state index in [1.54, 1.807) is 24.4 Å². The van der Waals surface area contributed by atoms with Gasteiger partial charge in [0.15, 0.2) is 0 Å². The molecule has 1 rings (SSSR count). The van der Waals surface area contributed by atoms with Gasteiger partial charge in [0.25, 0.3) is 0 Å². The molecular weight excluding hydrogens is 216 g/mol. The van der Waals surface area contributed by atoms with Gasteiger partial charge in [-0.1, -0.05) is 17.7 Å². The van der Waals surface area contributed by atoms with E-state index in [9.17, 15) is 4.79 Å². The summed E-state index contributed by atoms with van der Waals surface area (Å²) in [5, 5.41) is 11.2. The molecule has 0 aliphatic carbocycles. The highest BCUT2D eigenvalue weighted by Gasteiger charge is 1.91. The first-order valence-corrected chi connectivity index (χ1v) is 4.81. The number of hydrogen-bond acceptors (Lipinski definition) is 2. The lowest BCUT2D eigenvalue weighted by molar-refractivity contribution is 0.194. The maximum atomic E-state index is 10.1. The summed E-state index contributed by atoms with van der Waals surface area (Å²) in [4.78, 5) is 14.2. The highest BCUT2D eigenvalue weighted by Crippen LogP contribution is 2.09. The van der Waals surface area contributed by atoms with Crippen LogP contribution in [0.2, 0.25) is 5.02 Å². The van der Waals surface area contributed by atoms with Crippen LogP contribution in [0.15, 0.2) is 24.4 Å². The fraction of sp³-hybridized carbons (Fsp3) is 0.200. The van der Waals surface area contributed by atoms with Crippen LogP contribution in [0.3, 0.4) is 0 Å². The Morgan fingerprint density at radius 1 is 1.67 bits per heavy atom. The molecule has 0 saturated heterocycles. The van der Waals surface area contributed by atoms with E-state index < -0.39 is 6.09 Å². The Morgan fingerprint density at radius 2 is 2.47 bits per heavy atom. The van der Waals surface area contributed by atoms with Crippen LogP contribution in [0.25, 0.3) is 6.08 Å². The Kier molecular flexibility index (Phi) is 4.63. The van der Waals surface area contributed by atoms with Crippen LogP contribution in [-0.4, -0.2) is 22.7 Å². The molecule has 0 aromatic carbocycles. The normalized spacial score (nSPS) is 10.5. The number of nitrogens with zero attached hydrogens (tertiary/aromatic N) is 1. The number of hydrogen-bond donors (Lipinski definition) is 2. The third kappa shape index (κ3) is 5.02. The third-order valence-electron chi connectivity index (χ3n) is 1.62. The standard InChI is InChI=1S/C10H11ClN2O2/c11-8-4-6-12-9(7-8)3-1-2-5-13-10(14)15/h1,3-4,6-7,13H,2,5H2,(H,14,15). The van der Waals surface area contributed by atoms with E-state index in [1.165, 1.54) is 0 Å². The lowest BCUT2D eigenvalue weighted by Crippen LogP contribution is -2.21. The molecule has 80 valence electrons. The molecule has 0 bridgehead atoms. The number of carboxylic acid groups (broad SMARTS) is 1. The van der Waals surface area contributed by atoms with E-state index in [2.05, 4.69) is 10.3 Å². The van der Waals surface area contributed by atoms with Crippen LogP contribution in [0.1, 0.15) is 12.1 Å². The molecule has 2 N–H and O–H groups in total. The lowest BCUT2D eigenvalue weighted by atomic mass is 10.3. The number of carbonyl (C=O) groups is 1. The molecule has 15 heavy (non-hydrogen) atoms. The fourth-order valence-electron chi connectivity index (χ4n) is 0.979. The van der Waals surface area contributed by atoms with E-state index in [1.807, 2.05) is 6.08 Å². The van der Waals surface area contributed by atoms with Gasteiger partial charge in [0.1, 0.15) is 0 Å². The second kappa shape index (κ2) is 6.03. The Labute approximate surface area is 92.6 Å². The summed E-state index contributed by atoms with van der Waals surface area (Å²) >= 11 is 5.76. The smallest absolute Gasteiger partial charge is 0.404 e. The average molecular weight is 227 g/mol. The van der Waals surface area contributed by atoms with Gasteiger partial charge in [-0.2, -0.15) is 0 Å². The first-order valence-electron chi connectivity index (χ1n) is 4.43. The van der Waals surface area contributed by atoms with Crippen LogP contribution in [0.4, 0.5) is 4.79 Å². The first kappa shape index (κ1) is 11.5. The molecule has 0 radical (unpaired) electrons. The van der Waals surface area contributed by atoms with Gasteiger partial charge in [0.05, 0.1) is 5.69 Å². The van der Waals surface area contributed by atoms with Gasteiger partial charge in [-0.3, -0.25) is 4.98 Å². The molecule has 0 fully saturated rings. The first-order chi connectivity index (χ1) is 7.18. The van der Waals surface area contributed by atoms with Crippen molar-refractivity contribution >= 4 is 23.8 Å². The second-order valence-corrected chi connectivity index (χ2v) is 3.26. The van der Waals surface area contributed by atoms with Gasteiger partial charge in [0, 0.05) is 17.8 Å². The van der Waals surface area contributed by atoms with E-state index in [0.29, 0.717) is 18.0 Å². The van der Waals surface area contributed by atoms with Crippen LogP contribution in [0, 0.1) is 0 Å². The maximum absolute atomic E-state index is 10.1. The van der Waals surface area contributed by atoms with Gasteiger partial charge in [0.2, 0.25) is 0 Å². The zero-order valence-corrected chi connectivity index (χ0v) is 8.74. The Hall–Kier alpha value is -1.55. The predicted molar refractivity (Wildman–Crippen MR) is 58.9 cm³/mol. The van der Waals surface area contributed by atoms with Crippen molar-refractivity contribution in [3.05, 3.63) is 35.1 Å². The van der Waals surface area contributed by atoms with Gasteiger partial charge in [-0.25, -0.2) is 4.79 Å². The molecule has 1 aromatic rings. The number of amides is 1. The van der Waals surface area contributed by atoms with E-state index in [0.717, 1.165) is 5.69 Å². The summed E-state index contributed by atoms with van der Waals surface area (Å²) in [6.07, 6.45) is 4.88. The molecule has 0 saturated carbocycles. The van der Waals surface area contributed by atoms with Gasteiger partial charge < -0.3 is 10.4 Å². The van der Waals surface area contributed by atoms with E-state index in [4.69, 9.17) is 16.7 Å². The quantitative estimate of drug-likeness (QED) is 0.775. The van der Waals surface area contributed by atoms with Crippen molar-refractivity contribution in [2.45, 2.75) is 6.42 Å². The van der Waals surface area contributed by atoms with E-state index in [-0.39, 0.29) is 0 Å². The Bertz CT molecular complexity index is 366. The van der Waals surface area contributed by atoms with E-state index >= 15 is 0 Å². The zero-order chi connectivity index (χ0) is 11.1. The second-order valence-electron chi connectivity index (χ2n) is 2.82. The number of aromatic nitrogens is 1. The molecule has 0 aliphatic rings. The Morgan fingerprint density at radius 3 is 3.13 bits per heavy atom. The van der Waals surface area contributed by atoms with Crippen molar-refractivity contribution in [1.29, 1.82) is 0 Å². The molecule has 1 amide bonds. The van der Waals surface area contributed by atoms with Gasteiger partial charge in [-0.05, 0) is 24.6 Å². The molecular formula is C10H11ClN2O2. The molecule has 0 unspecified atom stereocenters. The van der Waals surface area contributed by atoms with Crippen molar-refractivity contribution in [1.82, 2.24) is 10.3 Å². The maximum Gasteiger partial charge on any atom is 0.404 e. The van der Waals surface area contributed by atoms with Crippen molar-refractivity contribution in [2.24, 2.45) is 0 Å². The summed E-state index contributed by atoms with van der Waals surface area (Å²) in [7, 11) is 0. The highest BCUT2D eigenvalue weighted by atomic mass is 35.5. The minimum Gasteiger partial charge on any atom is -0.465 e. The number of pyridine rings is 1. The SMILES string of the molecule is O=C(O)NCCC=Cc1cc(Cl)ccn1. The third-order valence-corrected chi connectivity index (χ3v) is 1.85. The number of halogens is 1. The zero-order valence-electron chi connectivity index (χ0n) is 7.98. The van der Waals surface area contributed by atoms with Gasteiger partial charge >= 0.3 is 6.09 Å². The van der Waals surface area contributed by atoms with Crippen LogP contribution < -0.4 is 5.32 Å². The monoisotopic (exact) mass is 226 g/mol. The van der Waals surface area contributed by atoms with Crippen molar-refractivity contribution < 1.29 is 9.90 Å². The summed E-state index contributed by atoms with van der Waals surface area (Å²) in [5.74, 6) is 0. The summed E-state index contributed by atoms with van der Waals surface area (Å²) < 4.78 is 0. The molecule has 1 aromatic heterocycles. The van der Waals surface area contributed by atoms with Crippen LogP contribution in [-0.2, 0) is 0 Å². The van der Waals surface area contributed by atoms with Crippen LogP contribution in [0.5, 0.6) is 0 Å². The molecule has 1 heterocycles. The molecule has 0 atom stereocenters. The summed E-state index contributed by atoms with van der Waals surface area (Å²) in [6, 6.07) is 3.44. The van der Waals surface area contributed by atoms with Crippen molar-refractivity contribution in [3.63, 3.8) is 0 Å². The molecule has 0 spiro atoms. The summed E-state index contributed by atoms with van der Waals surface area (Å²) in [6.45, 7) is 0.395. The predicted octanol–water partition coefficient (Wildman–Crippen LogP) is 2.41. The Balaban J connectivity index is 2.35. The minimum atomic E-state index is -1.01. The highest BCUT2D eigenvalue weighted by molar-refractivity contribution is 6.30. The minimum absolute atomic E-state index is 0.395. The fourth-order valence-corrected chi connectivity index (χ4v) is 1.15. The molecule has 4 nitrogen and oxygen atoms in total. The topological polar surface area (TPSA) is 62.2 Å². The van der Waals surface area contributed by atoms with Crippen molar-refractivity contribution in [2.75, 3.05) is 6.54 Å². The number of nitrogens with one attached hydrogen (secondary N) is 1. The van der Waals surface area contributed by atoms with Gasteiger partial charge in [-0.15, -0.1) is 0 Å². The largest absolute Gasteiger partial charge is 0.465 e. The average Bonchev–Trinajstić information content (AvgIpc) is 2.17. The molecule has 0 aliphatic heterocycles.